The molecule has 0 saturated heterocycles. The van der Waals surface area contributed by atoms with Crippen molar-refractivity contribution >= 4 is 23.2 Å². The molecule has 1 unspecified atom stereocenters. The molecular weight excluding hydrogens is 299 g/mol. The van der Waals surface area contributed by atoms with E-state index in [4.69, 9.17) is 27.9 Å². The van der Waals surface area contributed by atoms with Crippen LogP contribution in [0.3, 0.4) is 0 Å². The van der Waals surface area contributed by atoms with Crippen molar-refractivity contribution in [3.05, 3.63) is 39.5 Å². The SMILES string of the molecule is CCc1c(CC(C)O)n[nH]c1Oc1cc(Cl)cc(Cl)c1. The summed E-state index contributed by atoms with van der Waals surface area (Å²) in [5, 5.41) is 17.5. The van der Waals surface area contributed by atoms with Gasteiger partial charge in [0.05, 0.1) is 11.8 Å². The average molecular weight is 315 g/mol. The number of aliphatic hydroxyl groups is 1. The highest BCUT2D eigenvalue weighted by molar-refractivity contribution is 6.34. The molecule has 2 N–H and O–H groups in total. The van der Waals surface area contributed by atoms with Gasteiger partial charge in [-0.1, -0.05) is 30.1 Å². The minimum absolute atomic E-state index is 0.447. The van der Waals surface area contributed by atoms with E-state index in [2.05, 4.69) is 10.2 Å². The van der Waals surface area contributed by atoms with Crippen LogP contribution in [0.4, 0.5) is 0 Å². The Hall–Kier alpha value is -1.23. The molecule has 2 rings (SSSR count). The van der Waals surface area contributed by atoms with Crippen LogP contribution in [-0.4, -0.2) is 21.4 Å². The zero-order valence-electron chi connectivity index (χ0n) is 11.3. The second-order valence-corrected chi connectivity index (χ2v) is 5.46. The Morgan fingerprint density at radius 2 is 1.95 bits per heavy atom. The van der Waals surface area contributed by atoms with Crippen molar-refractivity contribution in [1.82, 2.24) is 10.2 Å². The fourth-order valence-corrected chi connectivity index (χ4v) is 2.49. The monoisotopic (exact) mass is 314 g/mol. The van der Waals surface area contributed by atoms with Crippen LogP contribution in [0.1, 0.15) is 25.1 Å². The first-order chi connectivity index (χ1) is 9.49. The third-order valence-corrected chi connectivity index (χ3v) is 3.25. The number of rotatable bonds is 5. The maximum atomic E-state index is 9.47. The first kappa shape index (κ1) is 15.2. The van der Waals surface area contributed by atoms with Gasteiger partial charge in [0.25, 0.3) is 0 Å². The van der Waals surface area contributed by atoms with Crippen molar-refractivity contribution in [3.63, 3.8) is 0 Å². The van der Waals surface area contributed by atoms with Gasteiger partial charge in [-0.05, 0) is 31.5 Å². The number of aliphatic hydroxyl groups excluding tert-OH is 1. The van der Waals surface area contributed by atoms with Crippen molar-refractivity contribution in [2.45, 2.75) is 32.8 Å². The van der Waals surface area contributed by atoms with Gasteiger partial charge in [0.1, 0.15) is 5.75 Å². The molecule has 1 heterocycles. The molecule has 0 radical (unpaired) electrons. The summed E-state index contributed by atoms with van der Waals surface area (Å²) < 4.78 is 5.76. The molecule has 0 amide bonds. The molecule has 2 aromatic rings. The van der Waals surface area contributed by atoms with Gasteiger partial charge in [0.2, 0.25) is 5.88 Å². The zero-order valence-corrected chi connectivity index (χ0v) is 12.8. The van der Waals surface area contributed by atoms with Crippen LogP contribution in [-0.2, 0) is 12.8 Å². The first-order valence-corrected chi connectivity index (χ1v) is 7.13. The molecule has 4 nitrogen and oxygen atoms in total. The van der Waals surface area contributed by atoms with Gasteiger partial charge in [-0.3, -0.25) is 0 Å². The van der Waals surface area contributed by atoms with Crippen molar-refractivity contribution in [1.29, 1.82) is 0 Å². The van der Waals surface area contributed by atoms with Gasteiger partial charge >= 0.3 is 0 Å². The Kier molecular flexibility index (Phi) is 4.91. The molecule has 108 valence electrons. The zero-order chi connectivity index (χ0) is 14.7. The second kappa shape index (κ2) is 6.48. The summed E-state index contributed by atoms with van der Waals surface area (Å²) >= 11 is 11.9. The van der Waals surface area contributed by atoms with Gasteiger partial charge in [-0.25, -0.2) is 5.10 Å². The maximum absolute atomic E-state index is 9.47. The molecule has 1 aromatic heterocycles. The van der Waals surface area contributed by atoms with Gasteiger partial charge < -0.3 is 9.84 Å². The lowest BCUT2D eigenvalue weighted by Gasteiger charge is -2.07. The highest BCUT2D eigenvalue weighted by Crippen LogP contribution is 2.30. The number of nitrogens with zero attached hydrogens (tertiary/aromatic N) is 1. The maximum Gasteiger partial charge on any atom is 0.218 e. The fourth-order valence-electron chi connectivity index (χ4n) is 1.99. The average Bonchev–Trinajstić information content (AvgIpc) is 2.69. The number of hydrogen-bond acceptors (Lipinski definition) is 3. The van der Waals surface area contributed by atoms with Crippen molar-refractivity contribution in [3.8, 4) is 11.6 Å². The Balaban J connectivity index is 2.26. The number of aromatic nitrogens is 2. The minimum atomic E-state index is -0.447. The molecule has 1 atom stereocenters. The lowest BCUT2D eigenvalue weighted by Crippen LogP contribution is -2.06. The Morgan fingerprint density at radius 1 is 1.30 bits per heavy atom. The summed E-state index contributed by atoms with van der Waals surface area (Å²) in [5.74, 6) is 1.10. The van der Waals surface area contributed by atoms with E-state index in [1.807, 2.05) is 6.92 Å². The number of nitrogens with one attached hydrogen (secondary N) is 1. The van der Waals surface area contributed by atoms with Gasteiger partial charge in [-0.2, -0.15) is 5.10 Å². The second-order valence-electron chi connectivity index (χ2n) is 4.59. The molecule has 20 heavy (non-hydrogen) atoms. The van der Waals surface area contributed by atoms with E-state index in [0.717, 1.165) is 17.7 Å². The number of benzene rings is 1. The molecular formula is C14H16Cl2N2O2. The van der Waals surface area contributed by atoms with Gasteiger partial charge in [0, 0.05) is 22.0 Å². The summed E-state index contributed by atoms with van der Waals surface area (Å²) in [6.07, 6.45) is 0.790. The molecule has 0 aliphatic heterocycles. The summed E-state index contributed by atoms with van der Waals surface area (Å²) in [6, 6.07) is 5.01. The number of halogens is 2. The van der Waals surface area contributed by atoms with E-state index in [1.165, 1.54) is 0 Å². The molecule has 0 fully saturated rings. The lowest BCUT2D eigenvalue weighted by atomic mass is 10.1. The molecule has 0 saturated carbocycles. The Bertz CT molecular complexity index is 577. The van der Waals surface area contributed by atoms with Crippen molar-refractivity contribution in [2.24, 2.45) is 0 Å². The van der Waals surface area contributed by atoms with Crippen molar-refractivity contribution in [2.75, 3.05) is 0 Å². The molecule has 0 aliphatic rings. The molecule has 6 heteroatoms. The van der Waals surface area contributed by atoms with Crippen LogP contribution in [0.5, 0.6) is 11.6 Å². The topological polar surface area (TPSA) is 58.1 Å². The molecule has 1 aromatic carbocycles. The van der Waals surface area contributed by atoms with Crippen LogP contribution in [0, 0.1) is 0 Å². The van der Waals surface area contributed by atoms with E-state index in [1.54, 1.807) is 25.1 Å². The van der Waals surface area contributed by atoms with Crippen LogP contribution in [0.25, 0.3) is 0 Å². The normalized spacial score (nSPS) is 12.4. The van der Waals surface area contributed by atoms with E-state index in [-0.39, 0.29) is 0 Å². The fraction of sp³-hybridized carbons (Fsp3) is 0.357. The molecule has 0 spiro atoms. The van der Waals surface area contributed by atoms with Crippen LogP contribution in [0.2, 0.25) is 10.0 Å². The third-order valence-electron chi connectivity index (χ3n) is 2.81. The molecule has 0 bridgehead atoms. The van der Waals surface area contributed by atoms with E-state index < -0.39 is 6.10 Å². The predicted molar refractivity (Wildman–Crippen MR) is 79.9 cm³/mol. The highest BCUT2D eigenvalue weighted by Gasteiger charge is 2.15. The van der Waals surface area contributed by atoms with Crippen LogP contribution in [0.15, 0.2) is 18.2 Å². The van der Waals surface area contributed by atoms with Gasteiger partial charge in [-0.15, -0.1) is 0 Å². The minimum Gasteiger partial charge on any atom is -0.439 e. The van der Waals surface area contributed by atoms with Crippen LogP contribution < -0.4 is 4.74 Å². The van der Waals surface area contributed by atoms with Gasteiger partial charge in [0.15, 0.2) is 0 Å². The lowest BCUT2D eigenvalue weighted by molar-refractivity contribution is 0.194. The largest absolute Gasteiger partial charge is 0.439 e. The quantitative estimate of drug-likeness (QED) is 0.877. The summed E-state index contributed by atoms with van der Waals surface area (Å²) in [4.78, 5) is 0. The number of H-pyrrole nitrogens is 1. The summed E-state index contributed by atoms with van der Waals surface area (Å²) in [6.45, 7) is 3.74. The highest BCUT2D eigenvalue weighted by atomic mass is 35.5. The van der Waals surface area contributed by atoms with E-state index in [9.17, 15) is 5.11 Å². The number of aromatic amines is 1. The van der Waals surface area contributed by atoms with E-state index in [0.29, 0.717) is 28.1 Å². The molecule has 0 aliphatic carbocycles. The standard InChI is InChI=1S/C14H16Cl2N2O2/c1-3-12-13(4-8(2)19)17-18-14(12)20-11-6-9(15)5-10(16)7-11/h5-8,19H,3-4H2,1-2H3,(H,17,18). The smallest absolute Gasteiger partial charge is 0.218 e. The number of hydrogen-bond donors (Lipinski definition) is 2. The Morgan fingerprint density at radius 3 is 2.50 bits per heavy atom. The predicted octanol–water partition coefficient (Wildman–Crippen LogP) is 3.99. The Labute approximate surface area is 127 Å². The number of ether oxygens (including phenoxy) is 1. The summed E-state index contributed by atoms with van der Waals surface area (Å²) in [5.41, 5.74) is 1.76. The summed E-state index contributed by atoms with van der Waals surface area (Å²) in [7, 11) is 0. The van der Waals surface area contributed by atoms with E-state index >= 15 is 0 Å². The first-order valence-electron chi connectivity index (χ1n) is 6.37. The van der Waals surface area contributed by atoms with Crippen LogP contribution >= 0.6 is 23.2 Å². The van der Waals surface area contributed by atoms with Crippen molar-refractivity contribution < 1.29 is 9.84 Å². The third kappa shape index (κ3) is 3.66.